The Bertz CT molecular complexity index is 662. The summed E-state index contributed by atoms with van der Waals surface area (Å²) in [5.41, 5.74) is 0.539. The molecule has 1 aromatic carbocycles. The minimum atomic E-state index is -0.724. The van der Waals surface area contributed by atoms with Crippen LogP contribution in [-0.2, 0) is 6.61 Å². The lowest BCUT2D eigenvalue weighted by atomic mass is 10.2. The van der Waals surface area contributed by atoms with Crippen LogP contribution in [-0.4, -0.2) is 11.3 Å². The van der Waals surface area contributed by atoms with E-state index in [0.717, 1.165) is 6.07 Å². The number of hydrogen-bond acceptors (Lipinski definition) is 3. The van der Waals surface area contributed by atoms with Crippen molar-refractivity contribution in [2.45, 2.75) is 13.5 Å². The number of carbonyl (C=O) groups is 1. The molecule has 0 aliphatic carbocycles. The fourth-order valence-electron chi connectivity index (χ4n) is 1.62. The van der Waals surface area contributed by atoms with Crippen LogP contribution in [0.2, 0.25) is 0 Å². The summed E-state index contributed by atoms with van der Waals surface area (Å²) in [5, 5.41) is 0. The van der Waals surface area contributed by atoms with Crippen molar-refractivity contribution in [3.05, 3.63) is 57.3 Å². The first-order valence-electron chi connectivity index (χ1n) is 5.71. The summed E-state index contributed by atoms with van der Waals surface area (Å²) in [6, 6.07) is 5.61. The van der Waals surface area contributed by atoms with Gasteiger partial charge in [-0.15, -0.1) is 0 Å². The summed E-state index contributed by atoms with van der Waals surface area (Å²) < 4.78 is 32.8. The third-order valence-corrected chi connectivity index (χ3v) is 3.26. The maximum Gasteiger partial charge on any atom is 0.172 e. The Morgan fingerprint density at radius 1 is 1.30 bits per heavy atom. The Morgan fingerprint density at radius 3 is 2.75 bits per heavy atom. The highest BCUT2D eigenvalue weighted by Crippen LogP contribution is 2.24. The van der Waals surface area contributed by atoms with Gasteiger partial charge in [0.15, 0.2) is 6.29 Å². The SMILES string of the molecule is Cc1ccc(OCc2c(F)ccc(Br)c2F)c(C=O)n1. The molecule has 2 rings (SSSR count). The number of aryl methyl sites for hydroxylation is 1. The predicted octanol–water partition coefficient (Wildman–Crippen LogP) is 3.82. The molecule has 0 spiro atoms. The molecule has 0 unspecified atom stereocenters. The molecule has 104 valence electrons. The first kappa shape index (κ1) is 14.6. The molecule has 0 aliphatic heterocycles. The van der Waals surface area contributed by atoms with Crippen molar-refractivity contribution in [1.82, 2.24) is 4.98 Å². The Morgan fingerprint density at radius 2 is 2.05 bits per heavy atom. The van der Waals surface area contributed by atoms with E-state index >= 15 is 0 Å². The van der Waals surface area contributed by atoms with E-state index in [1.54, 1.807) is 19.1 Å². The fraction of sp³-hybridized carbons (Fsp3) is 0.143. The smallest absolute Gasteiger partial charge is 0.172 e. The molecule has 0 amide bonds. The zero-order chi connectivity index (χ0) is 14.7. The quantitative estimate of drug-likeness (QED) is 0.626. The van der Waals surface area contributed by atoms with Gasteiger partial charge in [0.05, 0.1) is 10.0 Å². The summed E-state index contributed by atoms with van der Waals surface area (Å²) in [5.74, 6) is -1.25. The average molecular weight is 342 g/mol. The van der Waals surface area contributed by atoms with Crippen LogP contribution in [0.25, 0.3) is 0 Å². The van der Waals surface area contributed by atoms with Gasteiger partial charge in [-0.05, 0) is 47.1 Å². The summed E-state index contributed by atoms with van der Waals surface area (Å²) in [6.45, 7) is 1.40. The summed E-state index contributed by atoms with van der Waals surface area (Å²) >= 11 is 2.98. The second-order valence-corrected chi connectivity index (χ2v) is 4.92. The molecular weight excluding hydrogens is 332 g/mol. The van der Waals surface area contributed by atoms with Crippen molar-refractivity contribution in [3.63, 3.8) is 0 Å². The van der Waals surface area contributed by atoms with E-state index in [2.05, 4.69) is 20.9 Å². The lowest BCUT2D eigenvalue weighted by Gasteiger charge is -2.10. The number of nitrogens with zero attached hydrogens (tertiary/aromatic N) is 1. The zero-order valence-corrected chi connectivity index (χ0v) is 12.1. The van der Waals surface area contributed by atoms with Gasteiger partial charge in [-0.2, -0.15) is 0 Å². The van der Waals surface area contributed by atoms with Crippen molar-refractivity contribution in [2.24, 2.45) is 0 Å². The molecular formula is C14H10BrF2NO2. The van der Waals surface area contributed by atoms with Gasteiger partial charge >= 0.3 is 0 Å². The second kappa shape index (κ2) is 6.09. The van der Waals surface area contributed by atoms with E-state index in [9.17, 15) is 13.6 Å². The number of pyridine rings is 1. The predicted molar refractivity (Wildman–Crippen MR) is 72.8 cm³/mol. The number of carbonyl (C=O) groups excluding carboxylic acids is 1. The lowest BCUT2D eigenvalue weighted by Crippen LogP contribution is -2.05. The van der Waals surface area contributed by atoms with Crippen LogP contribution in [0.5, 0.6) is 5.75 Å². The van der Waals surface area contributed by atoms with Gasteiger partial charge in [-0.3, -0.25) is 4.79 Å². The number of rotatable bonds is 4. The highest BCUT2D eigenvalue weighted by Gasteiger charge is 2.14. The Balaban J connectivity index is 2.25. The molecule has 0 saturated heterocycles. The molecule has 0 fully saturated rings. The van der Waals surface area contributed by atoms with Crippen LogP contribution in [0.3, 0.4) is 0 Å². The van der Waals surface area contributed by atoms with Crippen LogP contribution in [0.15, 0.2) is 28.7 Å². The van der Waals surface area contributed by atoms with Gasteiger partial charge < -0.3 is 4.74 Å². The minimum Gasteiger partial charge on any atom is -0.486 e. The normalized spacial score (nSPS) is 10.4. The van der Waals surface area contributed by atoms with E-state index in [4.69, 9.17) is 4.74 Å². The van der Waals surface area contributed by atoms with Gasteiger partial charge in [0.25, 0.3) is 0 Å². The minimum absolute atomic E-state index is 0.0980. The Hall–Kier alpha value is -1.82. The monoisotopic (exact) mass is 341 g/mol. The first-order valence-corrected chi connectivity index (χ1v) is 6.50. The van der Waals surface area contributed by atoms with E-state index in [-0.39, 0.29) is 28.1 Å². The maximum absolute atomic E-state index is 13.8. The fourth-order valence-corrected chi connectivity index (χ4v) is 1.99. The Labute approximate surface area is 122 Å². The standard InChI is InChI=1S/C14H10BrF2NO2/c1-8-2-5-13(12(6-19)18-8)20-7-9-11(16)4-3-10(15)14(9)17/h2-6H,7H2,1H3. The van der Waals surface area contributed by atoms with Crippen LogP contribution in [0.4, 0.5) is 8.78 Å². The molecule has 0 atom stereocenters. The van der Waals surface area contributed by atoms with Gasteiger partial charge in [-0.25, -0.2) is 13.8 Å². The number of benzene rings is 1. The van der Waals surface area contributed by atoms with Crippen LogP contribution in [0, 0.1) is 18.6 Å². The molecule has 0 aliphatic rings. The largest absolute Gasteiger partial charge is 0.486 e. The molecule has 6 heteroatoms. The van der Waals surface area contributed by atoms with Crippen LogP contribution < -0.4 is 4.74 Å². The number of hydrogen-bond donors (Lipinski definition) is 0. The van der Waals surface area contributed by atoms with Crippen molar-refractivity contribution >= 4 is 22.2 Å². The maximum atomic E-state index is 13.8. The molecule has 1 aromatic heterocycles. The lowest BCUT2D eigenvalue weighted by molar-refractivity contribution is 0.111. The second-order valence-electron chi connectivity index (χ2n) is 4.06. The summed E-state index contributed by atoms with van der Waals surface area (Å²) in [7, 11) is 0. The molecule has 0 radical (unpaired) electrons. The molecule has 0 bridgehead atoms. The Kier molecular flexibility index (Phi) is 4.44. The van der Waals surface area contributed by atoms with Crippen LogP contribution >= 0.6 is 15.9 Å². The van der Waals surface area contributed by atoms with Crippen molar-refractivity contribution < 1.29 is 18.3 Å². The van der Waals surface area contributed by atoms with Gasteiger partial charge in [0, 0.05) is 5.69 Å². The third-order valence-electron chi connectivity index (χ3n) is 2.65. The number of ether oxygens (including phenoxy) is 1. The van der Waals surface area contributed by atoms with Gasteiger partial charge in [0.1, 0.15) is 29.7 Å². The third kappa shape index (κ3) is 3.01. The van der Waals surface area contributed by atoms with Crippen LogP contribution in [0.1, 0.15) is 21.7 Å². The van der Waals surface area contributed by atoms with Crippen molar-refractivity contribution in [1.29, 1.82) is 0 Å². The average Bonchev–Trinajstić information content (AvgIpc) is 2.44. The summed E-state index contributed by atoms with van der Waals surface area (Å²) in [6.07, 6.45) is 0.538. The van der Waals surface area contributed by atoms with Gasteiger partial charge in [0.2, 0.25) is 0 Å². The zero-order valence-electron chi connectivity index (χ0n) is 10.5. The highest BCUT2D eigenvalue weighted by molar-refractivity contribution is 9.10. The number of aldehydes is 1. The van der Waals surface area contributed by atoms with Crippen molar-refractivity contribution in [2.75, 3.05) is 0 Å². The summed E-state index contributed by atoms with van der Waals surface area (Å²) in [4.78, 5) is 14.9. The highest BCUT2D eigenvalue weighted by atomic mass is 79.9. The van der Waals surface area contributed by atoms with E-state index in [1.165, 1.54) is 6.07 Å². The molecule has 0 N–H and O–H groups in total. The van der Waals surface area contributed by atoms with Crippen molar-refractivity contribution in [3.8, 4) is 5.75 Å². The molecule has 0 saturated carbocycles. The number of aromatic nitrogens is 1. The molecule has 1 heterocycles. The van der Waals surface area contributed by atoms with E-state index < -0.39 is 11.6 Å². The topological polar surface area (TPSA) is 39.2 Å². The van der Waals surface area contributed by atoms with E-state index in [0.29, 0.717) is 12.0 Å². The number of halogens is 3. The molecule has 2 aromatic rings. The molecule has 20 heavy (non-hydrogen) atoms. The van der Waals surface area contributed by atoms with E-state index in [1.807, 2.05) is 0 Å². The first-order chi connectivity index (χ1) is 9.52. The molecule has 3 nitrogen and oxygen atoms in total. The van der Waals surface area contributed by atoms with Gasteiger partial charge in [-0.1, -0.05) is 0 Å².